The molecule has 0 radical (unpaired) electrons. The molecule has 0 aliphatic carbocycles. The first kappa shape index (κ1) is 30.6. The largest absolute Gasteiger partial charge is 0.480 e. The third-order valence-electron chi connectivity index (χ3n) is 7.76. The minimum atomic E-state index is -0.480. The Morgan fingerprint density at radius 3 is 1.84 bits per heavy atom. The number of benzene rings is 2. The molecule has 13 heteroatoms. The number of likely N-dealkylation sites (tertiary alicyclic amines) is 2. The van der Waals surface area contributed by atoms with Crippen molar-refractivity contribution in [1.82, 2.24) is 29.7 Å². The fourth-order valence-electron chi connectivity index (χ4n) is 5.44. The van der Waals surface area contributed by atoms with Gasteiger partial charge in [-0.3, -0.25) is 19.8 Å². The molecule has 2 N–H and O–H groups in total. The zero-order valence-corrected chi connectivity index (χ0v) is 25.7. The fourth-order valence-corrected chi connectivity index (χ4v) is 6.01. The van der Waals surface area contributed by atoms with Crippen LogP contribution in [0.15, 0.2) is 42.7 Å². The van der Waals surface area contributed by atoms with Crippen LogP contribution in [0.5, 0.6) is 11.8 Å². The predicted octanol–water partition coefficient (Wildman–Crippen LogP) is 4.01. The number of halogens is 3. The highest BCUT2D eigenvalue weighted by Crippen LogP contribution is 2.37. The second-order valence-corrected chi connectivity index (χ2v) is 11.8. The molecular weight excluding hydrogens is 610 g/mol. The second kappa shape index (κ2) is 12.9. The van der Waals surface area contributed by atoms with Gasteiger partial charge in [-0.15, -0.1) is 0 Å². The lowest BCUT2D eigenvalue weighted by Gasteiger charge is -2.35. The second-order valence-electron chi connectivity index (χ2n) is 11.0. The molecule has 0 saturated carbocycles. The van der Waals surface area contributed by atoms with Crippen LogP contribution in [0, 0.1) is 5.82 Å². The van der Waals surface area contributed by atoms with E-state index >= 15 is 0 Å². The topological polar surface area (TPSA) is 117 Å². The number of hydrogen-bond donors (Lipinski definition) is 2. The molecule has 0 atom stereocenters. The molecule has 0 spiro atoms. The van der Waals surface area contributed by atoms with Gasteiger partial charge in [0.1, 0.15) is 17.2 Å². The summed E-state index contributed by atoms with van der Waals surface area (Å²) in [5, 5.41) is 19.9. The summed E-state index contributed by atoms with van der Waals surface area (Å²) in [6.07, 6.45) is 2.79. The molecule has 230 valence electrons. The van der Waals surface area contributed by atoms with E-state index < -0.39 is 5.82 Å². The lowest BCUT2D eigenvalue weighted by molar-refractivity contribution is -0.00422. The van der Waals surface area contributed by atoms with Crippen molar-refractivity contribution in [2.45, 2.75) is 31.7 Å². The Morgan fingerprint density at radius 2 is 1.32 bits per heavy atom. The molecule has 2 aliphatic rings. The summed E-state index contributed by atoms with van der Waals surface area (Å²) in [7, 11) is 3.04. The maximum absolute atomic E-state index is 15.0. The van der Waals surface area contributed by atoms with Crippen molar-refractivity contribution in [2.75, 3.05) is 40.4 Å². The minimum absolute atomic E-state index is 0.246. The molecule has 4 aromatic rings. The molecule has 10 nitrogen and oxygen atoms in total. The van der Waals surface area contributed by atoms with Crippen molar-refractivity contribution in [3.63, 3.8) is 0 Å². The number of β-amino-alcohol motifs (C(OH)–C–C–N with tert-alkyl or cyclic N) is 2. The fraction of sp³-hybridized carbons (Fsp3) is 0.355. The molecule has 0 bridgehead atoms. The molecule has 0 amide bonds. The molecule has 2 aromatic heterocycles. The van der Waals surface area contributed by atoms with Crippen LogP contribution in [0.1, 0.15) is 22.5 Å². The molecule has 4 heterocycles. The van der Waals surface area contributed by atoms with E-state index in [1.807, 2.05) is 23.1 Å². The summed E-state index contributed by atoms with van der Waals surface area (Å²) in [5.41, 5.74) is 4.46. The third kappa shape index (κ3) is 6.35. The van der Waals surface area contributed by atoms with Crippen molar-refractivity contribution >= 4 is 23.2 Å². The molecule has 2 aliphatic heterocycles. The monoisotopic (exact) mass is 640 g/mol. The van der Waals surface area contributed by atoms with Gasteiger partial charge < -0.3 is 19.7 Å². The molecule has 2 fully saturated rings. The molecule has 0 unspecified atom stereocenters. The number of hydrogen-bond acceptors (Lipinski definition) is 10. The van der Waals surface area contributed by atoms with Gasteiger partial charge in [0, 0.05) is 56.8 Å². The van der Waals surface area contributed by atoms with Crippen molar-refractivity contribution in [3.8, 4) is 34.3 Å². The Morgan fingerprint density at radius 1 is 0.795 bits per heavy atom. The van der Waals surface area contributed by atoms with Crippen LogP contribution < -0.4 is 9.47 Å². The summed E-state index contributed by atoms with van der Waals surface area (Å²) >= 11 is 13.7. The number of methoxy groups -OCH3 is 2. The van der Waals surface area contributed by atoms with Gasteiger partial charge in [-0.1, -0.05) is 41.4 Å². The van der Waals surface area contributed by atoms with E-state index in [1.54, 1.807) is 12.4 Å². The number of ether oxygens (including phenoxy) is 2. The Hall–Kier alpha value is -3.45. The van der Waals surface area contributed by atoms with Crippen LogP contribution in [-0.2, 0) is 19.5 Å². The molecule has 44 heavy (non-hydrogen) atoms. The smallest absolute Gasteiger partial charge is 0.237 e. The highest BCUT2D eigenvalue weighted by Gasteiger charge is 2.27. The Labute approximate surface area is 264 Å². The van der Waals surface area contributed by atoms with E-state index in [0.717, 1.165) is 5.56 Å². The standard InChI is InChI=1S/C31H31Cl2FN6O4/c1-43-30-26(15-39-11-20(41)12-39)35-9-24(37-30)22-5-3-4-17(28(22)32)6-18-7-19(34)8-23(29(18)33)25-10-36-27(31(38-25)44-2)16-40-13-21(42)14-40/h3-5,7-10,20-21,41-42H,6,11-16H2,1-2H3. The van der Waals surface area contributed by atoms with Gasteiger partial charge in [0.05, 0.1) is 60.3 Å². The van der Waals surface area contributed by atoms with E-state index in [9.17, 15) is 14.6 Å². The molecule has 6 rings (SSSR count). The number of aliphatic hydroxyl groups is 2. The van der Waals surface area contributed by atoms with Gasteiger partial charge in [0.15, 0.2) is 0 Å². The van der Waals surface area contributed by atoms with Crippen LogP contribution in [-0.4, -0.2) is 92.6 Å². The summed E-state index contributed by atoms with van der Waals surface area (Å²) in [4.78, 5) is 22.4. The number of aliphatic hydroxyl groups excluding tert-OH is 2. The van der Waals surface area contributed by atoms with Gasteiger partial charge >= 0.3 is 0 Å². The first-order valence-corrected chi connectivity index (χ1v) is 14.8. The van der Waals surface area contributed by atoms with Gasteiger partial charge in [-0.25, -0.2) is 14.4 Å². The van der Waals surface area contributed by atoms with Crippen LogP contribution >= 0.6 is 23.2 Å². The number of rotatable bonds is 10. The summed E-state index contributed by atoms with van der Waals surface area (Å²) in [6, 6.07) is 8.24. The SMILES string of the molecule is COc1nc(-c2cccc(Cc3cc(F)cc(-c4cnc(CN5CC(O)C5)c(OC)n4)c3Cl)c2Cl)cnc1CN1CC(O)C1. The summed E-state index contributed by atoms with van der Waals surface area (Å²) < 4.78 is 26.0. The molecule has 2 saturated heterocycles. The van der Waals surface area contributed by atoms with Gasteiger partial charge in [0.2, 0.25) is 11.8 Å². The van der Waals surface area contributed by atoms with E-state index in [0.29, 0.717) is 101 Å². The average molecular weight is 642 g/mol. The lowest BCUT2D eigenvalue weighted by Crippen LogP contribution is -2.50. The first-order chi connectivity index (χ1) is 21.2. The summed E-state index contributed by atoms with van der Waals surface area (Å²) in [5.74, 6) is 0.215. The maximum Gasteiger partial charge on any atom is 0.237 e. The number of nitrogens with zero attached hydrogens (tertiary/aromatic N) is 6. The Balaban J connectivity index is 1.26. The van der Waals surface area contributed by atoms with Crippen molar-refractivity contribution in [3.05, 3.63) is 81.1 Å². The van der Waals surface area contributed by atoms with Crippen molar-refractivity contribution in [1.29, 1.82) is 0 Å². The van der Waals surface area contributed by atoms with Gasteiger partial charge in [-0.2, -0.15) is 0 Å². The normalized spacial score (nSPS) is 16.1. The van der Waals surface area contributed by atoms with Gasteiger partial charge in [-0.05, 0) is 23.3 Å². The van der Waals surface area contributed by atoms with Crippen LogP contribution in [0.2, 0.25) is 10.0 Å². The van der Waals surface area contributed by atoms with E-state index in [2.05, 4.69) is 24.8 Å². The molecule has 2 aromatic carbocycles. The lowest BCUT2D eigenvalue weighted by atomic mass is 9.99. The average Bonchev–Trinajstić information content (AvgIpc) is 2.98. The quantitative estimate of drug-likeness (QED) is 0.263. The van der Waals surface area contributed by atoms with Crippen LogP contribution in [0.4, 0.5) is 4.39 Å². The Kier molecular flexibility index (Phi) is 8.95. The zero-order valence-electron chi connectivity index (χ0n) is 24.2. The minimum Gasteiger partial charge on any atom is -0.480 e. The van der Waals surface area contributed by atoms with Crippen molar-refractivity contribution < 1.29 is 24.1 Å². The van der Waals surface area contributed by atoms with E-state index in [1.165, 1.54) is 26.4 Å². The van der Waals surface area contributed by atoms with Gasteiger partial charge in [0.25, 0.3) is 0 Å². The zero-order chi connectivity index (χ0) is 31.0. The van der Waals surface area contributed by atoms with Crippen LogP contribution in [0.3, 0.4) is 0 Å². The van der Waals surface area contributed by atoms with E-state index in [-0.39, 0.29) is 18.6 Å². The van der Waals surface area contributed by atoms with Crippen molar-refractivity contribution in [2.24, 2.45) is 0 Å². The third-order valence-corrected chi connectivity index (χ3v) is 8.65. The Bertz CT molecular complexity index is 1680. The number of aromatic nitrogens is 4. The maximum atomic E-state index is 15.0. The van der Waals surface area contributed by atoms with E-state index in [4.69, 9.17) is 32.7 Å². The van der Waals surface area contributed by atoms with Crippen LogP contribution in [0.25, 0.3) is 22.5 Å². The first-order valence-electron chi connectivity index (χ1n) is 14.1. The highest BCUT2D eigenvalue weighted by molar-refractivity contribution is 6.35. The summed E-state index contributed by atoms with van der Waals surface area (Å²) in [6.45, 7) is 3.29. The highest BCUT2D eigenvalue weighted by atomic mass is 35.5. The predicted molar refractivity (Wildman–Crippen MR) is 163 cm³/mol. The molecular formula is C31H31Cl2FN6O4.